The number of nitrogens with one attached hydrogen (secondary N) is 2. The Balaban J connectivity index is 1.38. The number of rotatable bonds is 5. The Bertz CT molecular complexity index is 1340. The van der Waals surface area contributed by atoms with E-state index < -0.39 is 0 Å². The molecule has 0 bridgehead atoms. The Labute approximate surface area is 216 Å². The van der Waals surface area contributed by atoms with Crippen LogP contribution in [0.2, 0.25) is 0 Å². The highest BCUT2D eigenvalue weighted by Crippen LogP contribution is 2.38. The molecular formula is C27H31N7O3. The topological polar surface area (TPSA) is 103 Å². The number of methoxy groups -OCH3 is 1. The monoisotopic (exact) mass is 501 g/mol. The van der Waals surface area contributed by atoms with Gasteiger partial charge < -0.3 is 30.1 Å². The third-order valence-corrected chi connectivity index (χ3v) is 6.99. The lowest BCUT2D eigenvalue weighted by Gasteiger charge is -2.29. The summed E-state index contributed by atoms with van der Waals surface area (Å²) >= 11 is 0. The van der Waals surface area contributed by atoms with Gasteiger partial charge in [-0.3, -0.25) is 9.59 Å². The minimum absolute atomic E-state index is 0.117. The molecule has 3 aromatic rings. The average Bonchev–Trinajstić information content (AvgIpc) is 3.00. The molecular weight excluding hydrogens is 470 g/mol. The Kier molecular flexibility index (Phi) is 6.66. The Morgan fingerprint density at radius 1 is 1.03 bits per heavy atom. The van der Waals surface area contributed by atoms with Gasteiger partial charge in [-0.15, -0.1) is 0 Å². The number of ether oxygens (including phenoxy) is 1. The van der Waals surface area contributed by atoms with E-state index in [2.05, 4.69) is 27.6 Å². The zero-order chi connectivity index (χ0) is 26.1. The van der Waals surface area contributed by atoms with E-state index in [4.69, 9.17) is 9.72 Å². The van der Waals surface area contributed by atoms with Gasteiger partial charge in [0, 0.05) is 25.7 Å². The lowest BCUT2D eigenvalue weighted by molar-refractivity contribution is 0.0915. The summed E-state index contributed by atoms with van der Waals surface area (Å²) in [5.74, 6) is 1.19. The minimum atomic E-state index is -0.124. The fraction of sp³-hybridized carbons (Fsp3) is 0.333. The molecule has 0 saturated carbocycles. The molecule has 3 heterocycles. The summed E-state index contributed by atoms with van der Waals surface area (Å²) in [5.41, 5.74) is 3.11. The van der Waals surface area contributed by atoms with Crippen LogP contribution in [-0.4, -0.2) is 74.1 Å². The van der Waals surface area contributed by atoms with Crippen LogP contribution in [0.15, 0.2) is 48.7 Å². The molecule has 1 aromatic heterocycles. The zero-order valence-corrected chi connectivity index (χ0v) is 21.5. The third kappa shape index (κ3) is 4.79. The second-order valence-corrected chi connectivity index (χ2v) is 9.43. The van der Waals surface area contributed by atoms with Crippen molar-refractivity contribution < 1.29 is 14.3 Å². The van der Waals surface area contributed by atoms with E-state index in [1.54, 1.807) is 49.5 Å². The summed E-state index contributed by atoms with van der Waals surface area (Å²) < 4.78 is 5.58. The van der Waals surface area contributed by atoms with Gasteiger partial charge in [-0.1, -0.05) is 12.1 Å². The lowest BCUT2D eigenvalue weighted by atomic mass is 10.0. The van der Waals surface area contributed by atoms with Crippen LogP contribution in [0.25, 0.3) is 0 Å². The third-order valence-electron chi connectivity index (χ3n) is 6.99. The Morgan fingerprint density at radius 3 is 2.54 bits per heavy atom. The first kappa shape index (κ1) is 24.5. The van der Waals surface area contributed by atoms with Crippen molar-refractivity contribution in [3.05, 3.63) is 59.8 Å². The van der Waals surface area contributed by atoms with Crippen LogP contribution in [0.3, 0.4) is 0 Å². The predicted molar refractivity (Wildman–Crippen MR) is 144 cm³/mol. The van der Waals surface area contributed by atoms with E-state index in [9.17, 15) is 9.59 Å². The molecule has 0 unspecified atom stereocenters. The van der Waals surface area contributed by atoms with Crippen LogP contribution < -0.4 is 25.2 Å². The fourth-order valence-electron chi connectivity index (χ4n) is 4.74. The first-order valence-electron chi connectivity index (χ1n) is 12.3. The number of amides is 2. The molecule has 2 amide bonds. The van der Waals surface area contributed by atoms with Gasteiger partial charge in [0.15, 0.2) is 5.82 Å². The molecule has 1 saturated heterocycles. The first-order chi connectivity index (χ1) is 17.9. The van der Waals surface area contributed by atoms with Gasteiger partial charge in [-0.05, 0) is 63.3 Å². The van der Waals surface area contributed by atoms with E-state index in [1.165, 1.54) is 0 Å². The molecule has 10 nitrogen and oxygen atoms in total. The van der Waals surface area contributed by atoms with E-state index in [0.717, 1.165) is 31.6 Å². The standard InChI is InChI=1S/C27H31N7O3/c1-32-13-11-18(12-14-32)29-25(35)17-9-10-20(23(15-17)37-4)30-27-28-16-22-24(31-27)33(2)21-8-6-5-7-19(21)26(36)34(22)3/h5-10,15-16,18H,11-14H2,1-4H3,(H,29,35)(H,28,30,31). The molecule has 10 heteroatoms. The SMILES string of the molecule is COc1cc(C(=O)NC2CCN(C)CC2)ccc1Nc1ncc2c(n1)N(C)c1ccccc1C(=O)N2C. The normalized spacial score (nSPS) is 16.1. The van der Waals surface area contributed by atoms with Crippen molar-refractivity contribution in [3.8, 4) is 5.75 Å². The number of hydrogen-bond donors (Lipinski definition) is 2. The van der Waals surface area contributed by atoms with Crippen LogP contribution >= 0.6 is 0 Å². The molecule has 2 aliphatic rings. The molecule has 5 rings (SSSR count). The molecule has 37 heavy (non-hydrogen) atoms. The van der Waals surface area contributed by atoms with Gasteiger partial charge >= 0.3 is 0 Å². The summed E-state index contributed by atoms with van der Waals surface area (Å²) in [6, 6.07) is 12.9. The number of piperidine rings is 1. The Morgan fingerprint density at radius 2 is 1.78 bits per heavy atom. The van der Waals surface area contributed by atoms with Gasteiger partial charge in [0.25, 0.3) is 11.8 Å². The van der Waals surface area contributed by atoms with Crippen LogP contribution in [0.1, 0.15) is 33.6 Å². The summed E-state index contributed by atoms with van der Waals surface area (Å²) in [7, 11) is 7.24. The summed E-state index contributed by atoms with van der Waals surface area (Å²) in [5, 5.41) is 6.34. The number of carbonyl (C=O) groups is 2. The molecule has 2 aliphatic heterocycles. The number of aromatic nitrogens is 2. The summed E-state index contributed by atoms with van der Waals surface area (Å²) in [6.45, 7) is 1.95. The molecule has 1 fully saturated rings. The molecule has 192 valence electrons. The number of benzene rings is 2. The second kappa shape index (κ2) is 10.1. The van der Waals surface area contributed by atoms with E-state index in [0.29, 0.717) is 40.0 Å². The largest absolute Gasteiger partial charge is 0.495 e. The first-order valence-corrected chi connectivity index (χ1v) is 12.3. The van der Waals surface area contributed by atoms with Gasteiger partial charge in [-0.2, -0.15) is 4.98 Å². The van der Waals surface area contributed by atoms with Crippen LogP contribution in [-0.2, 0) is 0 Å². The maximum absolute atomic E-state index is 13.0. The number of nitrogens with zero attached hydrogens (tertiary/aromatic N) is 5. The maximum atomic E-state index is 13.0. The minimum Gasteiger partial charge on any atom is -0.495 e. The van der Waals surface area contributed by atoms with Gasteiger partial charge in [-0.25, -0.2) is 4.98 Å². The summed E-state index contributed by atoms with van der Waals surface area (Å²) in [6.07, 6.45) is 3.50. The van der Waals surface area contributed by atoms with Crippen molar-refractivity contribution >= 4 is 40.6 Å². The number of carbonyl (C=O) groups excluding carboxylic acids is 2. The van der Waals surface area contributed by atoms with Crippen LogP contribution in [0, 0.1) is 0 Å². The van der Waals surface area contributed by atoms with Crippen molar-refractivity contribution in [2.24, 2.45) is 0 Å². The van der Waals surface area contributed by atoms with Crippen molar-refractivity contribution in [1.82, 2.24) is 20.2 Å². The molecule has 2 aromatic carbocycles. The fourth-order valence-corrected chi connectivity index (χ4v) is 4.74. The van der Waals surface area contributed by atoms with E-state index >= 15 is 0 Å². The second-order valence-electron chi connectivity index (χ2n) is 9.43. The molecule has 0 spiro atoms. The van der Waals surface area contributed by atoms with Crippen LogP contribution in [0.5, 0.6) is 5.75 Å². The molecule has 2 N–H and O–H groups in total. The highest BCUT2D eigenvalue weighted by atomic mass is 16.5. The van der Waals surface area contributed by atoms with Gasteiger partial charge in [0.1, 0.15) is 11.4 Å². The number of fused-ring (bicyclic) bond motifs is 2. The average molecular weight is 502 g/mol. The smallest absolute Gasteiger partial charge is 0.260 e. The highest BCUT2D eigenvalue weighted by Gasteiger charge is 2.29. The molecule has 0 radical (unpaired) electrons. The predicted octanol–water partition coefficient (Wildman–Crippen LogP) is 3.41. The number of hydrogen-bond acceptors (Lipinski definition) is 8. The van der Waals surface area contributed by atoms with Crippen molar-refractivity contribution in [1.29, 1.82) is 0 Å². The van der Waals surface area contributed by atoms with Crippen molar-refractivity contribution in [3.63, 3.8) is 0 Å². The van der Waals surface area contributed by atoms with Gasteiger partial charge in [0.05, 0.1) is 30.2 Å². The van der Waals surface area contributed by atoms with Crippen molar-refractivity contribution in [2.75, 3.05) is 56.5 Å². The molecule has 0 atom stereocenters. The number of likely N-dealkylation sites (tertiary alicyclic amines) is 1. The number of para-hydroxylation sites is 1. The van der Waals surface area contributed by atoms with E-state index in [-0.39, 0.29) is 17.9 Å². The summed E-state index contributed by atoms with van der Waals surface area (Å²) in [4.78, 5) is 40.7. The van der Waals surface area contributed by atoms with Crippen molar-refractivity contribution in [2.45, 2.75) is 18.9 Å². The molecule has 0 aliphatic carbocycles. The lowest BCUT2D eigenvalue weighted by Crippen LogP contribution is -2.43. The zero-order valence-electron chi connectivity index (χ0n) is 21.5. The Hall–Kier alpha value is -4.18. The highest BCUT2D eigenvalue weighted by molar-refractivity contribution is 6.13. The maximum Gasteiger partial charge on any atom is 0.260 e. The van der Waals surface area contributed by atoms with Crippen LogP contribution in [0.4, 0.5) is 28.8 Å². The number of anilines is 5. The quantitative estimate of drug-likeness (QED) is 0.548. The van der Waals surface area contributed by atoms with E-state index in [1.807, 2.05) is 30.1 Å². The van der Waals surface area contributed by atoms with Gasteiger partial charge in [0.2, 0.25) is 5.95 Å².